The van der Waals surface area contributed by atoms with E-state index < -0.39 is 0 Å². The summed E-state index contributed by atoms with van der Waals surface area (Å²) >= 11 is 0. The molecule has 1 unspecified atom stereocenters. The Morgan fingerprint density at radius 2 is 2.03 bits per heavy atom. The smallest absolute Gasteiger partial charge is 0.195 e. The molecule has 2 aliphatic rings. The molecule has 1 saturated heterocycles. The van der Waals surface area contributed by atoms with Crippen molar-refractivity contribution in [3.8, 4) is 11.5 Å². The molecule has 0 saturated carbocycles. The number of likely N-dealkylation sites (N-methyl/N-ethyl adjacent to an activating group) is 1. The van der Waals surface area contributed by atoms with E-state index in [1.807, 2.05) is 18.2 Å². The number of anilines is 1. The average Bonchev–Trinajstić information content (AvgIpc) is 2.99. The molecule has 0 aromatic heterocycles. The van der Waals surface area contributed by atoms with E-state index in [-0.39, 0.29) is 24.0 Å². The van der Waals surface area contributed by atoms with Crippen molar-refractivity contribution in [1.82, 2.24) is 10.2 Å². The van der Waals surface area contributed by atoms with Crippen LogP contribution in [0.2, 0.25) is 0 Å². The predicted octanol–water partition coefficient (Wildman–Crippen LogP) is 3.98. The fourth-order valence-electron chi connectivity index (χ4n) is 3.62. The van der Waals surface area contributed by atoms with Gasteiger partial charge in [0.15, 0.2) is 17.5 Å². The fourth-order valence-corrected chi connectivity index (χ4v) is 3.62. The van der Waals surface area contributed by atoms with E-state index in [2.05, 4.69) is 36.4 Å². The minimum absolute atomic E-state index is 0. The maximum Gasteiger partial charge on any atom is 0.195 e. The van der Waals surface area contributed by atoms with Gasteiger partial charge in [-0.1, -0.05) is 13.8 Å². The number of nitrogens with one attached hydrogen (secondary N) is 2. The number of hydrogen-bond donors (Lipinski definition) is 2. The van der Waals surface area contributed by atoms with Gasteiger partial charge in [0.2, 0.25) is 0 Å². The third-order valence-electron chi connectivity index (χ3n) is 5.35. The van der Waals surface area contributed by atoms with Crippen molar-refractivity contribution in [2.45, 2.75) is 45.6 Å². The van der Waals surface area contributed by atoms with E-state index in [1.54, 1.807) is 0 Å². The highest BCUT2D eigenvalue weighted by atomic mass is 127. The lowest BCUT2D eigenvalue weighted by Gasteiger charge is -2.19. The molecule has 0 radical (unpaired) electrons. The Balaban J connectivity index is 0.00000341. The molecule has 2 heterocycles. The van der Waals surface area contributed by atoms with E-state index in [1.165, 1.54) is 12.8 Å². The van der Waals surface area contributed by atoms with E-state index >= 15 is 0 Å². The van der Waals surface area contributed by atoms with Crippen LogP contribution < -0.4 is 20.1 Å². The first kappa shape index (κ1) is 26.0. The monoisotopic (exact) mass is 546 g/mol. The number of halogens is 1. The molecule has 1 fully saturated rings. The number of nitrogens with zero attached hydrogens (tertiary/aromatic N) is 2. The SMILES string of the molecule is CC(C)COCCCNC(=NCC1CCCN1C)Nc1ccc2c(c1)OCCCO2.I. The second kappa shape index (κ2) is 14.0. The van der Waals surface area contributed by atoms with E-state index in [0.717, 1.165) is 68.8 Å². The molecule has 0 aliphatic carbocycles. The predicted molar refractivity (Wildman–Crippen MR) is 137 cm³/mol. The summed E-state index contributed by atoms with van der Waals surface area (Å²) in [5.41, 5.74) is 0.946. The van der Waals surface area contributed by atoms with Crippen molar-refractivity contribution in [2.75, 3.05) is 58.4 Å². The second-order valence-corrected chi connectivity index (χ2v) is 8.55. The van der Waals surface area contributed by atoms with Crippen LogP contribution >= 0.6 is 24.0 Å². The number of fused-ring (bicyclic) bond motifs is 1. The third-order valence-corrected chi connectivity index (χ3v) is 5.35. The van der Waals surface area contributed by atoms with Gasteiger partial charge in [0.25, 0.3) is 0 Å². The molecular formula is C23H39IN4O3. The van der Waals surface area contributed by atoms with Gasteiger partial charge in [-0.2, -0.15) is 0 Å². The Bertz CT molecular complexity index is 687. The first-order valence-electron chi connectivity index (χ1n) is 11.3. The number of likely N-dealkylation sites (tertiary alicyclic amines) is 1. The molecule has 31 heavy (non-hydrogen) atoms. The molecule has 8 heteroatoms. The van der Waals surface area contributed by atoms with Crippen LogP contribution in [0.3, 0.4) is 0 Å². The fraction of sp³-hybridized carbons (Fsp3) is 0.696. The summed E-state index contributed by atoms with van der Waals surface area (Å²) in [7, 11) is 2.18. The van der Waals surface area contributed by atoms with Crippen molar-refractivity contribution >= 4 is 35.6 Å². The maximum absolute atomic E-state index is 5.82. The van der Waals surface area contributed by atoms with Crippen molar-refractivity contribution in [1.29, 1.82) is 0 Å². The summed E-state index contributed by atoms with van der Waals surface area (Å²) in [6, 6.07) is 6.48. The highest BCUT2D eigenvalue weighted by Gasteiger charge is 2.20. The van der Waals surface area contributed by atoms with Gasteiger partial charge in [-0.3, -0.25) is 4.99 Å². The average molecular weight is 546 g/mol. The van der Waals surface area contributed by atoms with Crippen molar-refractivity contribution < 1.29 is 14.2 Å². The normalized spacial score (nSPS) is 19.1. The molecule has 1 aromatic rings. The van der Waals surface area contributed by atoms with E-state index in [0.29, 0.717) is 25.2 Å². The van der Waals surface area contributed by atoms with Gasteiger partial charge >= 0.3 is 0 Å². The second-order valence-electron chi connectivity index (χ2n) is 8.55. The van der Waals surface area contributed by atoms with E-state index in [4.69, 9.17) is 19.2 Å². The highest BCUT2D eigenvalue weighted by molar-refractivity contribution is 14.0. The molecule has 0 amide bonds. The van der Waals surface area contributed by atoms with Gasteiger partial charge < -0.3 is 29.7 Å². The van der Waals surface area contributed by atoms with Gasteiger partial charge in [0, 0.05) is 44.0 Å². The quantitative estimate of drug-likeness (QED) is 0.212. The number of benzene rings is 1. The summed E-state index contributed by atoms with van der Waals surface area (Å²) in [5, 5.41) is 6.90. The zero-order valence-electron chi connectivity index (χ0n) is 19.2. The Morgan fingerprint density at radius 3 is 2.77 bits per heavy atom. The van der Waals surface area contributed by atoms with Gasteiger partial charge in [0.1, 0.15) is 0 Å². The van der Waals surface area contributed by atoms with Gasteiger partial charge in [-0.05, 0) is 50.9 Å². The first-order chi connectivity index (χ1) is 14.6. The number of rotatable bonds is 9. The first-order valence-corrected chi connectivity index (χ1v) is 11.3. The minimum Gasteiger partial charge on any atom is -0.490 e. The minimum atomic E-state index is 0. The highest BCUT2D eigenvalue weighted by Crippen LogP contribution is 2.32. The third kappa shape index (κ3) is 9.02. The van der Waals surface area contributed by atoms with Crippen LogP contribution in [-0.2, 0) is 4.74 Å². The Kier molecular flexibility index (Phi) is 11.7. The van der Waals surface area contributed by atoms with Gasteiger partial charge in [0.05, 0.1) is 19.8 Å². The molecule has 176 valence electrons. The maximum atomic E-state index is 5.82. The van der Waals surface area contributed by atoms with Gasteiger partial charge in [-0.25, -0.2) is 0 Å². The molecule has 1 aromatic carbocycles. The van der Waals surface area contributed by atoms with Crippen LogP contribution in [0.4, 0.5) is 5.69 Å². The molecule has 3 rings (SSSR count). The number of aliphatic imine (C=N–C) groups is 1. The van der Waals surface area contributed by atoms with Crippen molar-refractivity contribution in [2.24, 2.45) is 10.9 Å². The van der Waals surface area contributed by atoms with Gasteiger partial charge in [-0.15, -0.1) is 24.0 Å². The molecule has 1 atom stereocenters. The molecule has 2 aliphatic heterocycles. The molecule has 7 nitrogen and oxygen atoms in total. The lowest BCUT2D eigenvalue weighted by atomic mass is 10.2. The Labute approximate surface area is 204 Å². The molecule has 2 N–H and O–H groups in total. The number of hydrogen-bond acceptors (Lipinski definition) is 5. The summed E-state index contributed by atoms with van der Waals surface area (Å²) in [6.07, 6.45) is 4.31. The molecule has 0 bridgehead atoms. The van der Waals surface area contributed by atoms with Crippen LogP contribution in [0.25, 0.3) is 0 Å². The number of guanidine groups is 1. The van der Waals surface area contributed by atoms with Crippen LogP contribution in [0, 0.1) is 5.92 Å². The lowest BCUT2D eigenvalue weighted by molar-refractivity contribution is 0.108. The van der Waals surface area contributed by atoms with E-state index in [9.17, 15) is 0 Å². The summed E-state index contributed by atoms with van der Waals surface area (Å²) in [4.78, 5) is 7.27. The van der Waals surface area contributed by atoms with Crippen molar-refractivity contribution in [3.63, 3.8) is 0 Å². The summed E-state index contributed by atoms with van der Waals surface area (Å²) < 4.78 is 17.2. The largest absolute Gasteiger partial charge is 0.490 e. The standard InChI is InChI=1S/C23H38N4O3.HI/c1-18(2)17-28-12-5-10-24-23(25-16-20-7-4-11-27(20)3)26-19-8-9-21-22(15-19)30-14-6-13-29-21;/h8-9,15,18,20H,4-7,10-14,16-17H2,1-3H3,(H2,24,25,26);1H. The summed E-state index contributed by atoms with van der Waals surface area (Å²) in [6.45, 7) is 10.0. The topological polar surface area (TPSA) is 67.4 Å². The molecule has 0 spiro atoms. The zero-order chi connectivity index (χ0) is 21.2. The molecular weight excluding hydrogens is 507 g/mol. The lowest BCUT2D eigenvalue weighted by Crippen LogP contribution is -2.34. The van der Waals surface area contributed by atoms with Crippen molar-refractivity contribution in [3.05, 3.63) is 18.2 Å². The van der Waals surface area contributed by atoms with Crippen LogP contribution in [0.1, 0.15) is 39.5 Å². The van der Waals surface area contributed by atoms with Crippen LogP contribution in [0.15, 0.2) is 23.2 Å². The Morgan fingerprint density at radius 1 is 1.23 bits per heavy atom. The van der Waals surface area contributed by atoms with Crippen LogP contribution in [-0.4, -0.2) is 70.0 Å². The summed E-state index contributed by atoms with van der Waals surface area (Å²) in [5.74, 6) is 2.96. The van der Waals surface area contributed by atoms with Crippen LogP contribution in [0.5, 0.6) is 11.5 Å². The zero-order valence-corrected chi connectivity index (χ0v) is 21.5. The Hall–Kier alpha value is -1.26. The number of ether oxygens (including phenoxy) is 3.